The van der Waals surface area contributed by atoms with E-state index < -0.39 is 34.3 Å². The molecule has 2 saturated heterocycles. The minimum absolute atomic E-state index is 0.175. The van der Waals surface area contributed by atoms with Crippen LogP contribution in [0.1, 0.15) is 30.0 Å². The highest BCUT2D eigenvalue weighted by Gasteiger charge is 2.71. The van der Waals surface area contributed by atoms with Crippen LogP contribution < -0.4 is 0 Å². The Morgan fingerprint density at radius 3 is 2.12 bits per heavy atom. The van der Waals surface area contributed by atoms with Gasteiger partial charge in [-0.3, -0.25) is 9.11 Å². The second-order valence-electron chi connectivity index (χ2n) is 9.31. The first-order valence-electron chi connectivity index (χ1n) is 10.9. The van der Waals surface area contributed by atoms with Crippen LogP contribution in [0.5, 0.6) is 0 Å². The highest BCUT2D eigenvalue weighted by atomic mass is 32.2. The van der Waals surface area contributed by atoms with E-state index in [-0.39, 0.29) is 5.41 Å². The van der Waals surface area contributed by atoms with Crippen molar-refractivity contribution >= 4 is 10.8 Å². The molecule has 1 atom stereocenters. The summed E-state index contributed by atoms with van der Waals surface area (Å²) in [6, 6.07) is 9.42. The average Bonchev–Trinajstić information content (AvgIpc) is 3.13. The number of benzene rings is 2. The van der Waals surface area contributed by atoms with E-state index in [0.29, 0.717) is 29.7 Å². The summed E-state index contributed by atoms with van der Waals surface area (Å²) < 4.78 is 90.5. The number of likely N-dealkylation sites (tertiary alicyclic amines) is 1. The molecule has 0 bridgehead atoms. The third-order valence-electron chi connectivity index (χ3n) is 6.84. The number of aliphatic hydroxyl groups is 1. The minimum atomic E-state index is -5.91. The Balaban J connectivity index is 1.53. The van der Waals surface area contributed by atoms with Gasteiger partial charge in [-0.05, 0) is 35.1 Å². The van der Waals surface area contributed by atoms with Gasteiger partial charge < -0.3 is 5.11 Å². The highest BCUT2D eigenvalue weighted by molar-refractivity contribution is 7.85. The molecule has 1 unspecified atom stereocenters. The number of aryl methyl sites for hydroxylation is 1. The molecule has 2 fully saturated rings. The smallest absolute Gasteiger partial charge is 0.369 e. The van der Waals surface area contributed by atoms with E-state index in [2.05, 4.69) is 4.90 Å². The molecular formula is C24H25F6NO2S. The molecule has 0 saturated carbocycles. The van der Waals surface area contributed by atoms with Crippen molar-refractivity contribution in [1.82, 2.24) is 4.90 Å². The van der Waals surface area contributed by atoms with E-state index in [9.17, 15) is 35.7 Å². The third kappa shape index (κ3) is 4.40. The molecule has 4 rings (SSSR count). The summed E-state index contributed by atoms with van der Waals surface area (Å²) in [4.78, 5) is 2.29. The lowest BCUT2D eigenvalue weighted by Crippen LogP contribution is -2.56. The van der Waals surface area contributed by atoms with E-state index in [1.807, 2.05) is 25.1 Å². The number of rotatable bonds is 5. The summed E-state index contributed by atoms with van der Waals surface area (Å²) in [6.07, 6.45) is -10.2. The molecule has 34 heavy (non-hydrogen) atoms. The van der Waals surface area contributed by atoms with E-state index in [1.54, 1.807) is 0 Å². The van der Waals surface area contributed by atoms with Crippen molar-refractivity contribution in [3.63, 3.8) is 0 Å². The zero-order valence-electron chi connectivity index (χ0n) is 18.5. The lowest BCUT2D eigenvalue weighted by molar-refractivity contribution is -0.376. The maximum absolute atomic E-state index is 13.1. The number of hydrogen-bond donors (Lipinski definition) is 1. The van der Waals surface area contributed by atoms with Crippen molar-refractivity contribution in [3.8, 4) is 11.1 Å². The quantitative estimate of drug-likeness (QED) is 0.570. The third-order valence-corrected chi connectivity index (χ3v) is 8.43. The van der Waals surface area contributed by atoms with Gasteiger partial charge in [0, 0.05) is 52.9 Å². The number of halogens is 6. The van der Waals surface area contributed by atoms with Gasteiger partial charge >= 0.3 is 12.4 Å². The molecule has 1 N–H and O–H groups in total. The van der Waals surface area contributed by atoms with Crippen LogP contribution in [0.15, 0.2) is 42.5 Å². The lowest BCUT2D eigenvalue weighted by Gasteiger charge is -2.47. The molecule has 3 nitrogen and oxygen atoms in total. The normalized spacial score (nSPS) is 21.1. The Morgan fingerprint density at radius 1 is 1.00 bits per heavy atom. The molecule has 2 aromatic rings. The fourth-order valence-electron chi connectivity index (χ4n) is 5.04. The van der Waals surface area contributed by atoms with Crippen LogP contribution in [0.25, 0.3) is 11.1 Å². The zero-order valence-corrected chi connectivity index (χ0v) is 19.3. The molecule has 0 radical (unpaired) electrons. The van der Waals surface area contributed by atoms with Crippen LogP contribution >= 0.6 is 0 Å². The Kier molecular flexibility index (Phi) is 6.40. The average molecular weight is 506 g/mol. The van der Waals surface area contributed by atoms with Crippen molar-refractivity contribution < 1.29 is 35.7 Å². The van der Waals surface area contributed by atoms with E-state index in [1.165, 1.54) is 12.1 Å². The summed E-state index contributed by atoms with van der Waals surface area (Å²) >= 11 is 0. The first-order chi connectivity index (χ1) is 15.8. The Hall–Kier alpha value is -1.91. The molecule has 2 aliphatic rings. The van der Waals surface area contributed by atoms with E-state index >= 15 is 0 Å². The van der Waals surface area contributed by atoms with Gasteiger partial charge in [-0.2, -0.15) is 26.3 Å². The number of hydrogen-bond acceptors (Lipinski definition) is 3. The molecule has 1 spiro atoms. The maximum atomic E-state index is 13.1. The molecule has 10 heteroatoms. The largest absolute Gasteiger partial charge is 0.430 e. The molecule has 0 aliphatic carbocycles. The predicted molar refractivity (Wildman–Crippen MR) is 117 cm³/mol. The van der Waals surface area contributed by atoms with Gasteiger partial charge in [0.25, 0.3) is 5.60 Å². The van der Waals surface area contributed by atoms with Crippen LogP contribution in [0.3, 0.4) is 0 Å². The highest BCUT2D eigenvalue weighted by Crippen LogP contribution is 2.50. The Bertz CT molecular complexity index is 1060. The predicted octanol–water partition coefficient (Wildman–Crippen LogP) is 5.18. The zero-order chi connectivity index (χ0) is 24.9. The topological polar surface area (TPSA) is 40.5 Å². The Labute approximate surface area is 196 Å². The summed E-state index contributed by atoms with van der Waals surface area (Å²) in [5.74, 6) is 1.53. The van der Waals surface area contributed by atoms with Crippen molar-refractivity contribution in [2.45, 2.75) is 44.3 Å². The second kappa shape index (κ2) is 8.64. The summed E-state index contributed by atoms with van der Waals surface area (Å²) in [7, 11) is -0.716. The van der Waals surface area contributed by atoms with Gasteiger partial charge in [-0.1, -0.05) is 49.4 Å². The minimum Gasteiger partial charge on any atom is -0.369 e. The molecule has 0 amide bonds. The molecular weight excluding hydrogens is 480 g/mol. The van der Waals surface area contributed by atoms with Gasteiger partial charge in [-0.15, -0.1) is 0 Å². The van der Waals surface area contributed by atoms with Crippen molar-refractivity contribution in [2.24, 2.45) is 5.41 Å². The van der Waals surface area contributed by atoms with E-state index in [0.717, 1.165) is 48.7 Å². The molecule has 0 aromatic heterocycles. The number of nitrogens with zero attached hydrogens (tertiary/aromatic N) is 1. The Morgan fingerprint density at radius 2 is 1.62 bits per heavy atom. The molecule has 2 heterocycles. The summed E-state index contributed by atoms with van der Waals surface area (Å²) in [5, 5.41) is 9.59. The summed E-state index contributed by atoms with van der Waals surface area (Å²) in [5.41, 5.74) is -2.86. The first kappa shape index (κ1) is 25.2. The van der Waals surface area contributed by atoms with Crippen molar-refractivity contribution in [3.05, 3.63) is 59.2 Å². The van der Waals surface area contributed by atoms with Crippen LogP contribution in [0, 0.1) is 5.41 Å². The van der Waals surface area contributed by atoms with Gasteiger partial charge in [0.15, 0.2) is 0 Å². The summed E-state index contributed by atoms with van der Waals surface area (Å²) in [6.45, 7) is 4.47. The van der Waals surface area contributed by atoms with Crippen LogP contribution in [-0.4, -0.2) is 51.2 Å². The molecule has 186 valence electrons. The van der Waals surface area contributed by atoms with Crippen LogP contribution in [0.2, 0.25) is 0 Å². The van der Waals surface area contributed by atoms with Crippen molar-refractivity contribution in [1.29, 1.82) is 0 Å². The molecule has 2 aliphatic heterocycles. The van der Waals surface area contributed by atoms with Crippen LogP contribution in [-0.2, 0) is 29.4 Å². The first-order valence-corrected chi connectivity index (χ1v) is 12.4. The van der Waals surface area contributed by atoms with Crippen molar-refractivity contribution in [2.75, 3.05) is 24.6 Å². The molecule has 2 aromatic carbocycles. The number of alkyl halides is 6. The van der Waals surface area contributed by atoms with Crippen LogP contribution in [0.4, 0.5) is 26.3 Å². The van der Waals surface area contributed by atoms with Gasteiger partial charge in [0.2, 0.25) is 0 Å². The van der Waals surface area contributed by atoms with Gasteiger partial charge in [-0.25, -0.2) is 0 Å². The lowest BCUT2D eigenvalue weighted by atomic mass is 9.79. The fraction of sp³-hybridized carbons (Fsp3) is 0.500. The maximum Gasteiger partial charge on any atom is 0.430 e. The monoisotopic (exact) mass is 505 g/mol. The van der Waals surface area contributed by atoms with E-state index in [4.69, 9.17) is 0 Å². The fourth-order valence-corrected chi connectivity index (χ4v) is 6.85. The second-order valence-corrected chi connectivity index (χ2v) is 10.9. The standard InChI is InChI=1S/C24H25F6NO2S/c1-2-17-11-16(12-31-13-21(14-31)9-10-34(33)15-21)3-8-20(17)18-4-6-19(7-5-18)22(32,23(25,26)27)24(28,29)30/h3-8,11,32H,2,9-10,12-15H2,1H3. The van der Waals surface area contributed by atoms with Gasteiger partial charge in [0.1, 0.15) is 0 Å². The van der Waals surface area contributed by atoms with Gasteiger partial charge in [0.05, 0.1) is 0 Å². The SMILES string of the molecule is CCc1cc(CN2CC3(CCS(=O)C3)C2)ccc1-c1ccc(C(O)(C(F)(F)F)C(F)(F)F)cc1.